The van der Waals surface area contributed by atoms with E-state index in [2.05, 4.69) is 34.9 Å². The number of aryl methyl sites for hydroxylation is 1. The quantitative estimate of drug-likeness (QED) is 0.901. The van der Waals surface area contributed by atoms with Gasteiger partial charge in [0.2, 0.25) is 5.95 Å². The summed E-state index contributed by atoms with van der Waals surface area (Å²) < 4.78 is 0. The Kier molecular flexibility index (Phi) is 4.50. The lowest BCUT2D eigenvalue weighted by Crippen LogP contribution is -2.34. The van der Waals surface area contributed by atoms with Crippen LogP contribution in [-0.4, -0.2) is 28.0 Å². The summed E-state index contributed by atoms with van der Waals surface area (Å²) in [7, 11) is 2.13. The van der Waals surface area contributed by atoms with Crippen molar-refractivity contribution in [3.05, 3.63) is 11.6 Å². The molecule has 0 aromatic carbocycles. The highest BCUT2D eigenvalue weighted by Crippen LogP contribution is 2.30. The molecule has 0 unspecified atom stereocenters. The van der Waals surface area contributed by atoms with Crippen LogP contribution in [0.2, 0.25) is 0 Å². The van der Waals surface area contributed by atoms with Crippen molar-refractivity contribution in [2.75, 3.05) is 23.4 Å². The zero-order valence-electron chi connectivity index (χ0n) is 14.0. The van der Waals surface area contributed by atoms with Crippen LogP contribution in [0.3, 0.4) is 0 Å². The van der Waals surface area contributed by atoms with Crippen LogP contribution in [0.1, 0.15) is 51.0 Å². The van der Waals surface area contributed by atoms with Gasteiger partial charge in [0.05, 0.1) is 5.39 Å². The fourth-order valence-corrected chi connectivity index (χ4v) is 3.54. The second-order valence-electron chi connectivity index (χ2n) is 6.46. The van der Waals surface area contributed by atoms with Gasteiger partial charge in [-0.3, -0.25) is 0 Å². The van der Waals surface area contributed by atoms with Gasteiger partial charge in [0, 0.05) is 13.1 Å². The molecule has 23 heavy (non-hydrogen) atoms. The van der Waals surface area contributed by atoms with Crippen molar-refractivity contribution < 1.29 is 0 Å². The molecular formula is C17H26N6. The number of rotatable bonds is 4. The molecule has 0 spiro atoms. The Morgan fingerprint density at radius 3 is 2.57 bits per heavy atom. The van der Waals surface area contributed by atoms with Crippen LogP contribution in [0.4, 0.5) is 17.6 Å². The predicted octanol–water partition coefficient (Wildman–Crippen LogP) is 2.91. The van der Waals surface area contributed by atoms with E-state index in [0.717, 1.165) is 29.6 Å². The maximum atomic E-state index is 6.07. The first kappa shape index (κ1) is 15.8. The summed E-state index contributed by atoms with van der Waals surface area (Å²) in [6.45, 7) is 2.16. The summed E-state index contributed by atoms with van der Waals surface area (Å²) >= 11 is 0. The fraction of sp³-hybridized carbons (Fsp3) is 0.588. The molecule has 6 nitrogen and oxygen atoms in total. The van der Waals surface area contributed by atoms with Crippen LogP contribution in [-0.2, 0) is 6.42 Å². The van der Waals surface area contributed by atoms with Gasteiger partial charge in [0.1, 0.15) is 11.6 Å². The van der Waals surface area contributed by atoms with E-state index in [0.29, 0.717) is 17.5 Å². The number of nitrogen functional groups attached to an aromatic ring is 2. The van der Waals surface area contributed by atoms with Crippen molar-refractivity contribution in [2.24, 2.45) is 0 Å². The average Bonchev–Trinajstić information content (AvgIpc) is 2.54. The van der Waals surface area contributed by atoms with Crippen molar-refractivity contribution in [3.63, 3.8) is 0 Å². The average molecular weight is 314 g/mol. The molecule has 0 radical (unpaired) electrons. The summed E-state index contributed by atoms with van der Waals surface area (Å²) in [4.78, 5) is 15.4. The van der Waals surface area contributed by atoms with Gasteiger partial charge in [-0.25, -0.2) is 4.98 Å². The van der Waals surface area contributed by atoms with Gasteiger partial charge in [-0.1, -0.05) is 32.6 Å². The second-order valence-corrected chi connectivity index (χ2v) is 6.46. The summed E-state index contributed by atoms with van der Waals surface area (Å²) in [6, 6.07) is 2.70. The summed E-state index contributed by atoms with van der Waals surface area (Å²) in [5.74, 6) is 1.57. The lowest BCUT2D eigenvalue weighted by atomic mass is 9.94. The topological polar surface area (TPSA) is 94.0 Å². The van der Waals surface area contributed by atoms with E-state index in [1.807, 2.05) is 0 Å². The van der Waals surface area contributed by atoms with Crippen LogP contribution in [0.15, 0.2) is 6.07 Å². The minimum Gasteiger partial charge on any atom is -0.383 e. The Balaban J connectivity index is 2.06. The largest absolute Gasteiger partial charge is 0.383 e. The fourth-order valence-electron chi connectivity index (χ4n) is 3.54. The third-order valence-electron chi connectivity index (χ3n) is 4.78. The highest BCUT2D eigenvalue weighted by Gasteiger charge is 2.21. The van der Waals surface area contributed by atoms with E-state index in [-0.39, 0.29) is 5.95 Å². The van der Waals surface area contributed by atoms with Crippen LogP contribution in [0.5, 0.6) is 0 Å². The third-order valence-corrected chi connectivity index (χ3v) is 4.78. The van der Waals surface area contributed by atoms with Gasteiger partial charge >= 0.3 is 0 Å². The van der Waals surface area contributed by atoms with Crippen LogP contribution in [0, 0.1) is 0 Å². The van der Waals surface area contributed by atoms with E-state index in [9.17, 15) is 0 Å². The molecule has 2 aromatic heterocycles. The number of nitrogens with two attached hydrogens (primary N) is 2. The molecule has 0 atom stereocenters. The first-order valence-corrected chi connectivity index (χ1v) is 8.55. The number of nitrogens with zero attached hydrogens (tertiary/aromatic N) is 4. The zero-order valence-corrected chi connectivity index (χ0v) is 14.0. The van der Waals surface area contributed by atoms with E-state index in [1.165, 1.54) is 32.1 Å². The number of fused-ring (bicyclic) bond motifs is 1. The highest BCUT2D eigenvalue weighted by molar-refractivity contribution is 5.90. The molecule has 0 aliphatic heterocycles. The SMILES string of the molecule is CCCc1cc(N(C)C2CCCCC2)nc2nc(N)nc(N)c12. The number of aromatic nitrogens is 3. The predicted molar refractivity (Wildman–Crippen MR) is 95.4 cm³/mol. The van der Waals surface area contributed by atoms with E-state index >= 15 is 0 Å². The normalized spacial score (nSPS) is 15.9. The van der Waals surface area contributed by atoms with Crippen molar-refractivity contribution in [3.8, 4) is 0 Å². The van der Waals surface area contributed by atoms with Crippen molar-refractivity contribution in [2.45, 2.75) is 57.9 Å². The summed E-state index contributed by atoms with van der Waals surface area (Å²) in [5.41, 5.74) is 13.6. The molecule has 0 amide bonds. The standard InChI is InChI=1S/C17H26N6/c1-3-7-11-10-13(23(2)12-8-5-4-6-9-12)20-16-14(11)15(18)21-17(19)22-16/h10,12H,3-9H2,1-2H3,(H4,18,19,20,21,22). The molecular weight excluding hydrogens is 288 g/mol. The zero-order chi connectivity index (χ0) is 16.4. The maximum absolute atomic E-state index is 6.07. The van der Waals surface area contributed by atoms with Crippen molar-refractivity contribution in [1.29, 1.82) is 0 Å². The minimum absolute atomic E-state index is 0.183. The molecule has 4 N–H and O–H groups in total. The minimum atomic E-state index is 0.183. The van der Waals surface area contributed by atoms with Gasteiger partial charge in [-0.2, -0.15) is 9.97 Å². The molecule has 124 valence electrons. The Morgan fingerprint density at radius 2 is 1.87 bits per heavy atom. The first-order valence-electron chi connectivity index (χ1n) is 8.55. The van der Waals surface area contributed by atoms with E-state index in [4.69, 9.17) is 16.5 Å². The smallest absolute Gasteiger partial charge is 0.224 e. The van der Waals surface area contributed by atoms with Crippen LogP contribution < -0.4 is 16.4 Å². The van der Waals surface area contributed by atoms with Crippen LogP contribution in [0.25, 0.3) is 11.0 Å². The molecule has 3 rings (SSSR count). The third kappa shape index (κ3) is 3.16. The number of hydrogen-bond acceptors (Lipinski definition) is 6. The Morgan fingerprint density at radius 1 is 1.13 bits per heavy atom. The molecule has 0 saturated heterocycles. The first-order chi connectivity index (χ1) is 11.1. The molecule has 1 aliphatic rings. The lowest BCUT2D eigenvalue weighted by molar-refractivity contribution is 0.426. The number of pyridine rings is 1. The van der Waals surface area contributed by atoms with E-state index in [1.54, 1.807) is 0 Å². The molecule has 6 heteroatoms. The lowest BCUT2D eigenvalue weighted by Gasteiger charge is -2.32. The number of hydrogen-bond donors (Lipinski definition) is 2. The van der Waals surface area contributed by atoms with Crippen LogP contribution >= 0.6 is 0 Å². The number of anilines is 3. The molecule has 1 aliphatic carbocycles. The molecule has 2 aromatic rings. The highest BCUT2D eigenvalue weighted by atomic mass is 15.2. The van der Waals surface area contributed by atoms with Gasteiger partial charge in [0.15, 0.2) is 5.65 Å². The summed E-state index contributed by atoms with van der Waals surface area (Å²) in [5, 5.41) is 0.849. The molecule has 1 saturated carbocycles. The summed E-state index contributed by atoms with van der Waals surface area (Å²) in [6.07, 6.45) is 8.37. The molecule has 2 heterocycles. The van der Waals surface area contributed by atoms with Crippen molar-refractivity contribution in [1.82, 2.24) is 15.0 Å². The van der Waals surface area contributed by atoms with Gasteiger partial charge in [-0.05, 0) is 30.9 Å². The van der Waals surface area contributed by atoms with Crippen molar-refractivity contribution >= 4 is 28.6 Å². The second kappa shape index (κ2) is 6.56. The van der Waals surface area contributed by atoms with Gasteiger partial charge < -0.3 is 16.4 Å². The Labute approximate surface area is 137 Å². The van der Waals surface area contributed by atoms with Gasteiger partial charge in [0.25, 0.3) is 0 Å². The Bertz CT molecular complexity index is 693. The molecule has 1 fully saturated rings. The monoisotopic (exact) mass is 314 g/mol. The Hall–Kier alpha value is -2.11. The maximum Gasteiger partial charge on any atom is 0.224 e. The van der Waals surface area contributed by atoms with Gasteiger partial charge in [-0.15, -0.1) is 0 Å². The molecule has 0 bridgehead atoms. The van der Waals surface area contributed by atoms with E-state index < -0.39 is 0 Å².